The minimum atomic E-state index is -3.78. The van der Waals surface area contributed by atoms with Crippen molar-refractivity contribution in [2.45, 2.75) is 37.5 Å². The minimum Gasteiger partial charge on any atom is -0.207 e. The van der Waals surface area contributed by atoms with Gasteiger partial charge in [0.25, 0.3) is 0 Å². The van der Waals surface area contributed by atoms with Crippen LogP contribution in [0.1, 0.15) is 25.0 Å². The lowest BCUT2D eigenvalue weighted by Crippen LogP contribution is -2.33. The van der Waals surface area contributed by atoms with E-state index in [0.717, 1.165) is 22.3 Å². The highest BCUT2D eigenvalue weighted by atomic mass is 32.2. The number of sulfonamides is 2. The molecule has 2 atom stereocenters. The van der Waals surface area contributed by atoms with E-state index < -0.39 is 20.0 Å². The Labute approximate surface area is 239 Å². The topological polar surface area (TPSA) is 74.8 Å². The monoisotopic (exact) mass is 578 g/mol. The lowest BCUT2D eigenvalue weighted by molar-refractivity contribution is 0.468. The van der Waals surface area contributed by atoms with E-state index in [-0.39, 0.29) is 41.3 Å². The third-order valence-corrected chi connectivity index (χ3v) is 10.8. The van der Waals surface area contributed by atoms with E-state index in [0.29, 0.717) is 6.54 Å². The van der Waals surface area contributed by atoms with E-state index in [1.54, 1.807) is 36.4 Å². The molecule has 4 rings (SSSR count). The van der Waals surface area contributed by atoms with Gasteiger partial charge in [0, 0.05) is 32.1 Å². The van der Waals surface area contributed by atoms with E-state index in [4.69, 9.17) is 0 Å². The molecule has 2 aromatic rings. The van der Waals surface area contributed by atoms with Crippen LogP contribution in [0.2, 0.25) is 0 Å². The molecule has 0 N–H and O–H groups in total. The Morgan fingerprint density at radius 3 is 2.15 bits per heavy atom. The quantitative estimate of drug-likeness (QED) is 0.278. The maximum absolute atomic E-state index is 13.7. The van der Waals surface area contributed by atoms with Gasteiger partial charge >= 0.3 is 0 Å². The minimum absolute atomic E-state index is 0.0666. The van der Waals surface area contributed by atoms with Crippen LogP contribution in [-0.2, 0) is 20.0 Å². The molecule has 8 heteroatoms. The van der Waals surface area contributed by atoms with Gasteiger partial charge in [-0.25, -0.2) is 16.8 Å². The molecule has 0 spiro atoms. The number of hydrogen-bond donors (Lipinski definition) is 0. The third-order valence-electron chi connectivity index (χ3n) is 7.16. The number of rotatable bonds is 9. The van der Waals surface area contributed by atoms with Gasteiger partial charge in [0.1, 0.15) is 0 Å². The largest absolute Gasteiger partial charge is 0.243 e. The van der Waals surface area contributed by atoms with E-state index in [2.05, 4.69) is 25.2 Å². The Hall–Kier alpha value is -3.04. The van der Waals surface area contributed by atoms with Crippen molar-refractivity contribution in [1.82, 2.24) is 8.61 Å². The summed E-state index contributed by atoms with van der Waals surface area (Å²) in [5, 5.41) is 0. The van der Waals surface area contributed by atoms with Crippen molar-refractivity contribution >= 4 is 20.0 Å². The van der Waals surface area contributed by atoms with Crippen molar-refractivity contribution in [3.8, 4) is 0 Å². The molecular formula is C32H38N2O4S2. The van der Waals surface area contributed by atoms with Crippen LogP contribution in [0.4, 0.5) is 0 Å². The first kappa shape index (κ1) is 29.9. The molecular weight excluding hydrogens is 540 g/mol. The molecule has 0 aromatic heterocycles. The van der Waals surface area contributed by atoms with Crippen LogP contribution in [0.5, 0.6) is 0 Å². The molecule has 1 saturated heterocycles. The molecule has 1 heterocycles. The van der Waals surface area contributed by atoms with Gasteiger partial charge < -0.3 is 0 Å². The summed E-state index contributed by atoms with van der Waals surface area (Å²) in [6.45, 7) is 8.82. The second-order valence-corrected chi connectivity index (χ2v) is 14.4. The normalized spacial score (nSPS) is 23.1. The second kappa shape index (κ2) is 12.6. The molecule has 6 nitrogen and oxygen atoms in total. The molecule has 0 radical (unpaired) electrons. The molecule has 2 aliphatic rings. The van der Waals surface area contributed by atoms with Gasteiger partial charge in [0.2, 0.25) is 20.0 Å². The summed E-state index contributed by atoms with van der Waals surface area (Å²) in [5.74, 6) is 0.00108. The predicted molar refractivity (Wildman–Crippen MR) is 162 cm³/mol. The summed E-state index contributed by atoms with van der Waals surface area (Å²) in [7, 11) is -7.43. The first-order valence-corrected chi connectivity index (χ1v) is 16.4. The molecule has 40 heavy (non-hydrogen) atoms. The first-order chi connectivity index (χ1) is 19.0. The lowest BCUT2D eigenvalue weighted by Gasteiger charge is -2.23. The molecule has 1 aliphatic heterocycles. The summed E-state index contributed by atoms with van der Waals surface area (Å²) in [6, 6.07) is 13.8. The van der Waals surface area contributed by atoms with Crippen LogP contribution in [0, 0.1) is 25.7 Å². The Bertz CT molecular complexity index is 1560. The lowest BCUT2D eigenvalue weighted by atomic mass is 9.93. The van der Waals surface area contributed by atoms with Crippen LogP contribution in [0.15, 0.2) is 118 Å². The highest BCUT2D eigenvalue weighted by Crippen LogP contribution is 2.32. The zero-order valence-corrected chi connectivity index (χ0v) is 25.2. The van der Waals surface area contributed by atoms with Gasteiger partial charge in [-0.1, -0.05) is 90.9 Å². The van der Waals surface area contributed by atoms with E-state index in [1.165, 1.54) is 8.61 Å². The first-order valence-electron chi connectivity index (χ1n) is 13.5. The Kier molecular flexibility index (Phi) is 9.46. The third kappa shape index (κ3) is 6.99. The van der Waals surface area contributed by atoms with Crippen molar-refractivity contribution in [1.29, 1.82) is 0 Å². The van der Waals surface area contributed by atoms with Gasteiger partial charge in [-0.2, -0.15) is 8.61 Å². The average Bonchev–Trinajstić information content (AvgIpc) is 3.31. The van der Waals surface area contributed by atoms with Crippen LogP contribution in [0.25, 0.3) is 0 Å². The van der Waals surface area contributed by atoms with Crippen LogP contribution in [0.3, 0.4) is 0 Å². The average molecular weight is 579 g/mol. The Balaban J connectivity index is 1.65. The fourth-order valence-electron chi connectivity index (χ4n) is 4.87. The molecule has 0 amide bonds. The maximum Gasteiger partial charge on any atom is 0.243 e. The fourth-order valence-corrected chi connectivity index (χ4v) is 7.70. The van der Waals surface area contributed by atoms with Crippen molar-refractivity contribution < 1.29 is 16.8 Å². The van der Waals surface area contributed by atoms with Crippen LogP contribution in [-0.4, -0.2) is 51.6 Å². The number of nitrogens with zero attached hydrogens (tertiary/aromatic N) is 2. The number of fused-ring (bicyclic) bond motifs is 1. The maximum atomic E-state index is 13.7. The van der Waals surface area contributed by atoms with Crippen molar-refractivity contribution in [3.05, 3.63) is 119 Å². The summed E-state index contributed by atoms with van der Waals surface area (Å²) < 4.78 is 57.3. The summed E-state index contributed by atoms with van der Waals surface area (Å²) in [4.78, 5) is 0.531. The standard InChI is InChI=1S/C32H38N2O4S2/c1-5-6-7-8-19-33(39(35,36)31-15-10-25(2)11-16-31)22-28-20-27(4)9-14-29-23-34(24-30(29)21-28)40(37,38)32-17-12-26(3)13-18-32/h5-18,20-21,27,29H,19,22-24H2,1-4H3/b6-5+,8-7+,14-9?,28-20+,30-21-/t27-,29-/m1/s1. The number of allylic oxidation sites excluding steroid dienone is 5. The summed E-state index contributed by atoms with van der Waals surface area (Å²) >= 11 is 0. The Morgan fingerprint density at radius 1 is 0.900 bits per heavy atom. The van der Waals surface area contributed by atoms with Gasteiger partial charge in [0.15, 0.2) is 0 Å². The van der Waals surface area contributed by atoms with Gasteiger partial charge in [-0.15, -0.1) is 0 Å². The smallest absolute Gasteiger partial charge is 0.207 e. The number of aryl methyl sites for hydroxylation is 2. The summed E-state index contributed by atoms with van der Waals surface area (Å²) in [5.41, 5.74) is 3.80. The van der Waals surface area contributed by atoms with Crippen molar-refractivity contribution in [2.75, 3.05) is 26.2 Å². The molecule has 1 fully saturated rings. The molecule has 1 aliphatic carbocycles. The zero-order valence-electron chi connectivity index (χ0n) is 23.6. The van der Waals surface area contributed by atoms with Crippen LogP contribution >= 0.6 is 0 Å². The van der Waals surface area contributed by atoms with E-state index in [1.807, 2.05) is 63.3 Å². The SMILES string of the molecule is C/C=C/C=C/CN(CC1=C/[C@H](C)C=C[C@@H]2CN(S(=O)(=O)c3ccc(C)cc3)C\C2=C\1)S(=O)(=O)c1ccc(C)cc1. The number of benzene rings is 2. The van der Waals surface area contributed by atoms with Gasteiger partial charge in [0.05, 0.1) is 9.79 Å². The molecule has 212 valence electrons. The fraction of sp³-hybridized carbons (Fsp3) is 0.312. The van der Waals surface area contributed by atoms with Crippen molar-refractivity contribution in [2.24, 2.45) is 11.8 Å². The zero-order chi connectivity index (χ0) is 28.9. The number of hydrogen-bond acceptors (Lipinski definition) is 4. The van der Waals surface area contributed by atoms with E-state index in [9.17, 15) is 16.8 Å². The van der Waals surface area contributed by atoms with Gasteiger partial charge in [-0.05, 0) is 62.1 Å². The molecule has 0 unspecified atom stereocenters. The highest BCUT2D eigenvalue weighted by Gasteiger charge is 2.35. The predicted octanol–water partition coefficient (Wildman–Crippen LogP) is 5.81. The van der Waals surface area contributed by atoms with Gasteiger partial charge in [-0.3, -0.25) is 0 Å². The molecule has 2 aromatic carbocycles. The Morgan fingerprint density at radius 2 is 1.52 bits per heavy atom. The second-order valence-electron chi connectivity index (χ2n) is 10.5. The van der Waals surface area contributed by atoms with Crippen LogP contribution < -0.4 is 0 Å². The van der Waals surface area contributed by atoms with E-state index >= 15 is 0 Å². The highest BCUT2D eigenvalue weighted by molar-refractivity contribution is 7.89. The molecule has 0 bridgehead atoms. The molecule has 0 saturated carbocycles. The summed E-state index contributed by atoms with van der Waals surface area (Å²) in [6.07, 6.45) is 15.6. The van der Waals surface area contributed by atoms with Crippen molar-refractivity contribution in [3.63, 3.8) is 0 Å².